The molecule has 4 saturated heterocycles. The Hall–Kier alpha value is -0.840. The molecule has 4 rings (SSSR count). The van der Waals surface area contributed by atoms with E-state index in [1.165, 1.54) is 0 Å². The van der Waals surface area contributed by atoms with Gasteiger partial charge in [0.05, 0.1) is 26.4 Å². The number of ether oxygens (including phenoxy) is 7. The second-order valence-electron chi connectivity index (χ2n) is 11.1. The summed E-state index contributed by atoms with van der Waals surface area (Å²) in [6.45, 7) is -3.39. The summed E-state index contributed by atoms with van der Waals surface area (Å²) in [5.74, 6) is 0. The van der Waals surface area contributed by atoms with Gasteiger partial charge in [0.25, 0.3) is 0 Å². The molecule has 45 heavy (non-hydrogen) atoms. The predicted octanol–water partition coefficient (Wildman–Crippen LogP) is -9.75. The second-order valence-corrected chi connectivity index (χ2v) is 11.1. The van der Waals surface area contributed by atoms with Gasteiger partial charge in [-0.1, -0.05) is 0 Å². The highest BCUT2D eigenvalue weighted by molar-refractivity contribution is 4.97. The van der Waals surface area contributed by atoms with Crippen LogP contribution in [0.1, 0.15) is 0 Å². The average Bonchev–Trinajstić information content (AvgIpc) is 3.03. The zero-order valence-electron chi connectivity index (χ0n) is 23.5. The van der Waals surface area contributed by atoms with Crippen LogP contribution >= 0.6 is 0 Å². The van der Waals surface area contributed by atoms with Crippen LogP contribution in [0.15, 0.2) is 0 Å². The van der Waals surface area contributed by atoms with E-state index in [4.69, 9.17) is 33.2 Å². The molecular formula is C24H42O21. The van der Waals surface area contributed by atoms with E-state index >= 15 is 0 Å². The van der Waals surface area contributed by atoms with Gasteiger partial charge in [-0.3, -0.25) is 0 Å². The average molecular weight is 667 g/mol. The van der Waals surface area contributed by atoms with E-state index in [1.54, 1.807) is 0 Å². The van der Waals surface area contributed by atoms with Crippen LogP contribution in [-0.4, -0.2) is 221 Å². The van der Waals surface area contributed by atoms with Crippen molar-refractivity contribution in [3.63, 3.8) is 0 Å². The molecule has 0 aromatic carbocycles. The fraction of sp³-hybridized carbons (Fsp3) is 1.00. The molecule has 0 aromatic heterocycles. The zero-order valence-corrected chi connectivity index (χ0v) is 23.5. The van der Waals surface area contributed by atoms with E-state index in [0.29, 0.717) is 0 Å². The molecule has 4 aliphatic rings. The molecule has 0 aromatic rings. The van der Waals surface area contributed by atoms with Crippen LogP contribution < -0.4 is 0 Å². The Kier molecular flexibility index (Phi) is 12.8. The molecule has 0 saturated carbocycles. The zero-order chi connectivity index (χ0) is 33.3. The number of aliphatic hydroxyl groups excluding tert-OH is 14. The summed E-state index contributed by atoms with van der Waals surface area (Å²) in [6.07, 6.45) is -35.3. The van der Waals surface area contributed by atoms with Gasteiger partial charge in [0, 0.05) is 0 Å². The number of rotatable bonds is 10. The smallest absolute Gasteiger partial charge is 0.187 e. The standard InChI is InChI=1S/C24H42O21/c25-1-5-9(29)10(30)15(35)22(40-5)44-19-7(3-27)42-24(17(37)12(19)32)45-20-8(4-28)41-23(16(36)13(20)33)43-18-6(2-26)39-21(38)14(34)11(18)31/h5-38H,1-4H2/t5-,6-,7-,8-,9-,10+,11-,12-,13-,14-,15-,16-,17-,18?,19-,20-,21-,22+,23-,24-/m1/s1. The van der Waals surface area contributed by atoms with Gasteiger partial charge in [-0.05, 0) is 0 Å². The fourth-order valence-electron chi connectivity index (χ4n) is 5.55. The Bertz CT molecular complexity index is 910. The summed E-state index contributed by atoms with van der Waals surface area (Å²) < 4.78 is 37.7. The Morgan fingerprint density at radius 2 is 0.644 bits per heavy atom. The molecule has 4 heterocycles. The van der Waals surface area contributed by atoms with Crippen LogP contribution in [0.4, 0.5) is 0 Å². The lowest BCUT2D eigenvalue weighted by Gasteiger charge is -2.49. The van der Waals surface area contributed by atoms with Gasteiger partial charge in [0.2, 0.25) is 0 Å². The molecule has 20 atom stereocenters. The van der Waals surface area contributed by atoms with Crippen molar-refractivity contribution in [2.45, 2.75) is 123 Å². The predicted molar refractivity (Wildman–Crippen MR) is 134 cm³/mol. The van der Waals surface area contributed by atoms with E-state index in [-0.39, 0.29) is 0 Å². The quantitative estimate of drug-likeness (QED) is 0.103. The molecule has 4 aliphatic heterocycles. The third-order valence-corrected chi connectivity index (χ3v) is 8.20. The lowest BCUT2D eigenvalue weighted by atomic mass is 9.95. The van der Waals surface area contributed by atoms with Crippen molar-refractivity contribution >= 4 is 0 Å². The Balaban J connectivity index is 1.43. The largest absolute Gasteiger partial charge is 0.394 e. The fourth-order valence-corrected chi connectivity index (χ4v) is 5.55. The molecule has 1 unspecified atom stereocenters. The maximum Gasteiger partial charge on any atom is 0.187 e. The van der Waals surface area contributed by atoms with Crippen molar-refractivity contribution < 1.29 is 105 Å². The Morgan fingerprint density at radius 3 is 1.02 bits per heavy atom. The minimum Gasteiger partial charge on any atom is -0.394 e. The van der Waals surface area contributed by atoms with Crippen LogP contribution in [0.2, 0.25) is 0 Å². The van der Waals surface area contributed by atoms with Crippen molar-refractivity contribution in [2.24, 2.45) is 0 Å². The van der Waals surface area contributed by atoms with E-state index in [2.05, 4.69) is 0 Å². The lowest BCUT2D eigenvalue weighted by molar-refractivity contribution is -0.387. The summed E-state index contributed by atoms with van der Waals surface area (Å²) in [7, 11) is 0. The van der Waals surface area contributed by atoms with Gasteiger partial charge < -0.3 is 105 Å². The molecule has 0 radical (unpaired) electrons. The SMILES string of the molecule is OC[C@H]1O[C@@H](O)[C@H](O)[C@@H](O)C1O[C@H]1O[C@H](CO)[C@@H](O[C@H]2O[C@H](CO)[C@@H](O[C@@H]3O[C@H](CO)[C@@H](O)[C@H](O)[C@H]3O)[C@H](O)[C@H]2O)[C@H](O)[C@H]1O. The molecule has 4 fully saturated rings. The lowest BCUT2D eigenvalue weighted by Crippen LogP contribution is -2.67. The van der Waals surface area contributed by atoms with Crippen LogP contribution in [0.25, 0.3) is 0 Å². The third kappa shape index (κ3) is 7.44. The topological polar surface area (TPSA) is 348 Å². The van der Waals surface area contributed by atoms with E-state index < -0.39 is 149 Å². The van der Waals surface area contributed by atoms with Crippen molar-refractivity contribution in [3.8, 4) is 0 Å². The van der Waals surface area contributed by atoms with Gasteiger partial charge >= 0.3 is 0 Å². The minimum atomic E-state index is -2.02. The molecule has 264 valence electrons. The molecule has 0 aliphatic carbocycles. The van der Waals surface area contributed by atoms with Gasteiger partial charge in [-0.2, -0.15) is 0 Å². The molecule has 14 N–H and O–H groups in total. The van der Waals surface area contributed by atoms with Crippen LogP contribution in [0.5, 0.6) is 0 Å². The number of hydrogen-bond acceptors (Lipinski definition) is 21. The van der Waals surface area contributed by atoms with Crippen LogP contribution in [-0.2, 0) is 33.2 Å². The molecule has 0 amide bonds. The van der Waals surface area contributed by atoms with Crippen molar-refractivity contribution in [3.05, 3.63) is 0 Å². The monoisotopic (exact) mass is 666 g/mol. The summed E-state index contributed by atoms with van der Waals surface area (Å²) in [5.41, 5.74) is 0. The number of hydrogen-bond donors (Lipinski definition) is 14. The van der Waals surface area contributed by atoms with Crippen molar-refractivity contribution in [2.75, 3.05) is 26.4 Å². The first-order valence-electron chi connectivity index (χ1n) is 14.1. The van der Waals surface area contributed by atoms with Gasteiger partial charge in [-0.15, -0.1) is 0 Å². The first kappa shape index (κ1) is 37.0. The third-order valence-electron chi connectivity index (χ3n) is 8.20. The Morgan fingerprint density at radius 1 is 0.333 bits per heavy atom. The summed E-state index contributed by atoms with van der Waals surface area (Å²) in [6, 6.07) is 0. The first-order valence-corrected chi connectivity index (χ1v) is 14.1. The maximum atomic E-state index is 10.9. The molecule has 0 bridgehead atoms. The summed E-state index contributed by atoms with van der Waals surface area (Å²) >= 11 is 0. The van der Waals surface area contributed by atoms with E-state index in [1.807, 2.05) is 0 Å². The molecular weight excluding hydrogens is 624 g/mol. The summed E-state index contributed by atoms with van der Waals surface area (Å²) in [5, 5.41) is 142. The normalized spacial score (nSPS) is 52.9. The van der Waals surface area contributed by atoms with E-state index in [0.717, 1.165) is 0 Å². The molecule has 21 heteroatoms. The van der Waals surface area contributed by atoms with Gasteiger partial charge in [-0.25, -0.2) is 0 Å². The van der Waals surface area contributed by atoms with Gasteiger partial charge in [0.1, 0.15) is 97.7 Å². The van der Waals surface area contributed by atoms with E-state index in [9.17, 15) is 71.5 Å². The molecule has 0 spiro atoms. The maximum absolute atomic E-state index is 10.9. The summed E-state index contributed by atoms with van der Waals surface area (Å²) in [4.78, 5) is 0. The minimum absolute atomic E-state index is 0.784. The van der Waals surface area contributed by atoms with Gasteiger partial charge in [0.15, 0.2) is 25.2 Å². The highest BCUT2D eigenvalue weighted by atomic mass is 16.8. The van der Waals surface area contributed by atoms with Crippen LogP contribution in [0.3, 0.4) is 0 Å². The highest BCUT2D eigenvalue weighted by Crippen LogP contribution is 2.34. The van der Waals surface area contributed by atoms with Crippen molar-refractivity contribution in [1.82, 2.24) is 0 Å². The first-order chi connectivity index (χ1) is 21.3. The van der Waals surface area contributed by atoms with Crippen LogP contribution in [0, 0.1) is 0 Å². The second kappa shape index (κ2) is 15.6. The number of aliphatic hydroxyl groups is 14. The molecule has 21 nitrogen and oxygen atoms in total. The van der Waals surface area contributed by atoms with Crippen molar-refractivity contribution in [1.29, 1.82) is 0 Å². The Labute approximate surface area is 254 Å². The highest BCUT2D eigenvalue weighted by Gasteiger charge is 2.55.